The van der Waals surface area contributed by atoms with Gasteiger partial charge in [0, 0.05) is 26.1 Å². The van der Waals surface area contributed by atoms with E-state index in [-0.39, 0.29) is 11.3 Å². The summed E-state index contributed by atoms with van der Waals surface area (Å²) in [6.45, 7) is 4.80. The minimum absolute atomic E-state index is 0.0605. The highest BCUT2D eigenvalue weighted by Crippen LogP contribution is 2.41. The SMILES string of the molecule is COc1ccc(CN2CCC3(CCc4nnc(C(=O)NCC5CC5)n4C3)CC2)cc1. The van der Waals surface area contributed by atoms with Crippen molar-refractivity contribution < 1.29 is 9.53 Å². The highest BCUT2D eigenvalue weighted by molar-refractivity contribution is 5.90. The smallest absolute Gasteiger partial charge is 0.289 e. The molecule has 2 fully saturated rings. The molecule has 0 radical (unpaired) electrons. The van der Waals surface area contributed by atoms with Crippen LogP contribution >= 0.6 is 0 Å². The third-order valence-electron chi connectivity index (χ3n) is 7.13. The molecule has 2 aliphatic heterocycles. The van der Waals surface area contributed by atoms with Gasteiger partial charge >= 0.3 is 0 Å². The molecule has 1 N–H and O–H groups in total. The summed E-state index contributed by atoms with van der Waals surface area (Å²) in [5.41, 5.74) is 1.59. The van der Waals surface area contributed by atoms with E-state index in [0.29, 0.717) is 11.7 Å². The molecule has 1 aliphatic carbocycles. The number of ether oxygens (including phenoxy) is 1. The Morgan fingerprint density at radius 1 is 1.17 bits per heavy atom. The zero-order chi connectivity index (χ0) is 20.6. The zero-order valence-electron chi connectivity index (χ0n) is 17.8. The highest BCUT2D eigenvalue weighted by atomic mass is 16.5. The van der Waals surface area contributed by atoms with E-state index in [1.807, 2.05) is 12.1 Å². The maximum atomic E-state index is 12.6. The lowest BCUT2D eigenvalue weighted by Gasteiger charge is -2.44. The number of piperidine rings is 1. The number of aromatic nitrogens is 3. The summed E-state index contributed by atoms with van der Waals surface area (Å²) in [6, 6.07) is 8.37. The van der Waals surface area contributed by atoms with Gasteiger partial charge < -0.3 is 14.6 Å². The molecule has 1 aromatic carbocycles. The molecule has 7 heteroatoms. The number of carbonyl (C=O) groups excluding carboxylic acids is 1. The van der Waals surface area contributed by atoms with Gasteiger partial charge in [-0.2, -0.15) is 0 Å². The van der Waals surface area contributed by atoms with Crippen LogP contribution in [0.1, 0.15) is 54.1 Å². The molecule has 0 bridgehead atoms. The summed E-state index contributed by atoms with van der Waals surface area (Å²) in [5.74, 6) is 2.98. The second-order valence-electron chi connectivity index (χ2n) is 9.30. The number of likely N-dealkylation sites (tertiary alicyclic amines) is 1. The van der Waals surface area contributed by atoms with Crippen LogP contribution in [0, 0.1) is 11.3 Å². The van der Waals surface area contributed by atoms with Crippen LogP contribution in [0.15, 0.2) is 24.3 Å². The van der Waals surface area contributed by atoms with Gasteiger partial charge in [-0.3, -0.25) is 9.69 Å². The first-order chi connectivity index (χ1) is 14.6. The molecule has 3 aliphatic rings. The molecule has 2 aromatic rings. The minimum atomic E-state index is -0.0605. The lowest BCUT2D eigenvalue weighted by Crippen LogP contribution is -2.44. The van der Waals surface area contributed by atoms with Crippen LogP contribution in [0.4, 0.5) is 0 Å². The molecule has 0 atom stereocenters. The third kappa shape index (κ3) is 4.08. The average Bonchev–Trinajstić information content (AvgIpc) is 3.52. The lowest BCUT2D eigenvalue weighted by molar-refractivity contribution is 0.0618. The standard InChI is InChI=1S/C23H31N5O2/c1-30-19-6-4-18(5-7-19)15-27-12-10-23(11-13-27)9-8-20-25-26-21(28(20)16-23)22(29)24-14-17-2-3-17/h4-7,17H,2-3,8-16H2,1H3,(H,24,29). The molecule has 7 nitrogen and oxygen atoms in total. The van der Waals surface area contributed by atoms with Gasteiger partial charge in [-0.15, -0.1) is 10.2 Å². The number of hydrogen-bond acceptors (Lipinski definition) is 5. The van der Waals surface area contributed by atoms with E-state index in [2.05, 4.69) is 37.1 Å². The summed E-state index contributed by atoms with van der Waals surface area (Å²) < 4.78 is 7.36. The van der Waals surface area contributed by atoms with Crippen molar-refractivity contribution in [2.45, 2.75) is 51.6 Å². The number of benzene rings is 1. The summed E-state index contributed by atoms with van der Waals surface area (Å²) in [6.07, 6.45) is 6.84. The zero-order valence-corrected chi connectivity index (χ0v) is 17.8. The van der Waals surface area contributed by atoms with Crippen molar-refractivity contribution in [3.05, 3.63) is 41.5 Å². The van der Waals surface area contributed by atoms with Gasteiger partial charge in [-0.1, -0.05) is 12.1 Å². The van der Waals surface area contributed by atoms with Crippen molar-refractivity contribution in [1.29, 1.82) is 0 Å². The number of nitrogens with one attached hydrogen (secondary N) is 1. The molecule has 0 unspecified atom stereocenters. The Morgan fingerprint density at radius 2 is 1.93 bits per heavy atom. The second-order valence-corrected chi connectivity index (χ2v) is 9.30. The van der Waals surface area contributed by atoms with E-state index in [1.54, 1.807) is 7.11 Å². The van der Waals surface area contributed by atoms with Crippen molar-refractivity contribution in [2.24, 2.45) is 11.3 Å². The van der Waals surface area contributed by atoms with Gasteiger partial charge in [-0.25, -0.2) is 0 Å². The summed E-state index contributed by atoms with van der Waals surface area (Å²) in [5, 5.41) is 11.6. The lowest BCUT2D eigenvalue weighted by atomic mass is 9.73. The van der Waals surface area contributed by atoms with E-state index in [1.165, 1.54) is 18.4 Å². The Kier molecular flexibility index (Phi) is 5.23. The average molecular weight is 410 g/mol. The molecular weight excluding hydrogens is 378 g/mol. The molecule has 1 spiro atoms. The van der Waals surface area contributed by atoms with Crippen LogP contribution in [0.5, 0.6) is 5.75 Å². The molecule has 1 saturated heterocycles. The normalized spacial score (nSPS) is 20.7. The fraction of sp³-hybridized carbons (Fsp3) is 0.609. The van der Waals surface area contributed by atoms with E-state index >= 15 is 0 Å². The van der Waals surface area contributed by atoms with Gasteiger partial charge in [-0.05, 0) is 74.2 Å². The van der Waals surface area contributed by atoms with Crippen LogP contribution in [0.25, 0.3) is 0 Å². The number of rotatable bonds is 6. The second kappa shape index (κ2) is 8.02. The highest BCUT2D eigenvalue weighted by Gasteiger charge is 2.40. The van der Waals surface area contributed by atoms with Crippen LogP contribution in [0.2, 0.25) is 0 Å². The molecule has 5 rings (SSSR count). The molecule has 1 saturated carbocycles. The van der Waals surface area contributed by atoms with Crippen LogP contribution < -0.4 is 10.1 Å². The molecule has 1 aromatic heterocycles. The number of aryl methyl sites for hydroxylation is 1. The predicted octanol–water partition coefficient (Wildman–Crippen LogP) is 2.66. The Balaban J connectivity index is 1.20. The van der Waals surface area contributed by atoms with Gasteiger partial charge in [0.25, 0.3) is 5.91 Å². The first-order valence-electron chi connectivity index (χ1n) is 11.2. The van der Waals surface area contributed by atoms with E-state index in [0.717, 1.165) is 70.0 Å². The predicted molar refractivity (Wildman–Crippen MR) is 113 cm³/mol. The first-order valence-corrected chi connectivity index (χ1v) is 11.2. The Morgan fingerprint density at radius 3 is 2.63 bits per heavy atom. The van der Waals surface area contributed by atoms with Crippen molar-refractivity contribution >= 4 is 5.91 Å². The molecular formula is C23H31N5O2. The number of amides is 1. The number of nitrogens with zero attached hydrogens (tertiary/aromatic N) is 4. The van der Waals surface area contributed by atoms with Gasteiger partial charge in [0.05, 0.1) is 7.11 Å². The first kappa shape index (κ1) is 19.5. The third-order valence-corrected chi connectivity index (χ3v) is 7.13. The summed E-state index contributed by atoms with van der Waals surface area (Å²) in [7, 11) is 1.70. The molecule has 1 amide bonds. The maximum Gasteiger partial charge on any atom is 0.289 e. The van der Waals surface area contributed by atoms with Crippen molar-refractivity contribution in [1.82, 2.24) is 25.0 Å². The van der Waals surface area contributed by atoms with Gasteiger partial charge in [0.15, 0.2) is 0 Å². The Labute approximate surface area is 177 Å². The molecule has 160 valence electrons. The topological polar surface area (TPSA) is 72.3 Å². The van der Waals surface area contributed by atoms with Crippen LogP contribution in [-0.2, 0) is 19.5 Å². The fourth-order valence-electron chi connectivity index (χ4n) is 4.87. The largest absolute Gasteiger partial charge is 0.497 e. The summed E-state index contributed by atoms with van der Waals surface area (Å²) >= 11 is 0. The van der Waals surface area contributed by atoms with Crippen molar-refractivity contribution in [3.8, 4) is 5.75 Å². The Bertz CT molecular complexity index is 895. The van der Waals surface area contributed by atoms with Crippen LogP contribution in [-0.4, -0.2) is 52.3 Å². The maximum absolute atomic E-state index is 12.6. The van der Waals surface area contributed by atoms with Crippen molar-refractivity contribution in [2.75, 3.05) is 26.7 Å². The van der Waals surface area contributed by atoms with E-state index in [9.17, 15) is 4.79 Å². The van der Waals surface area contributed by atoms with E-state index in [4.69, 9.17) is 4.74 Å². The number of carbonyl (C=O) groups is 1. The quantitative estimate of drug-likeness (QED) is 0.794. The number of fused-ring (bicyclic) bond motifs is 1. The van der Waals surface area contributed by atoms with Gasteiger partial charge in [0.2, 0.25) is 5.82 Å². The summed E-state index contributed by atoms with van der Waals surface area (Å²) in [4.78, 5) is 15.2. The van der Waals surface area contributed by atoms with Crippen molar-refractivity contribution in [3.63, 3.8) is 0 Å². The minimum Gasteiger partial charge on any atom is -0.497 e. The number of hydrogen-bond donors (Lipinski definition) is 1. The monoisotopic (exact) mass is 409 g/mol. The molecule has 3 heterocycles. The Hall–Kier alpha value is -2.41. The fourth-order valence-corrected chi connectivity index (χ4v) is 4.87. The molecule has 30 heavy (non-hydrogen) atoms. The number of methoxy groups -OCH3 is 1. The van der Waals surface area contributed by atoms with Crippen LogP contribution in [0.3, 0.4) is 0 Å². The van der Waals surface area contributed by atoms with Gasteiger partial charge in [0.1, 0.15) is 11.6 Å². The van der Waals surface area contributed by atoms with E-state index < -0.39 is 0 Å².